The maximum absolute atomic E-state index is 12.0. The van der Waals surface area contributed by atoms with E-state index in [0.29, 0.717) is 24.2 Å². The Morgan fingerprint density at radius 3 is 2.95 bits per heavy atom. The van der Waals surface area contributed by atoms with Crippen LogP contribution < -0.4 is 10.6 Å². The van der Waals surface area contributed by atoms with Crippen molar-refractivity contribution in [2.24, 2.45) is 5.92 Å². The summed E-state index contributed by atoms with van der Waals surface area (Å²) in [7, 11) is 0. The highest BCUT2D eigenvalue weighted by Crippen LogP contribution is 2.21. The quantitative estimate of drug-likeness (QED) is 0.726. The van der Waals surface area contributed by atoms with Gasteiger partial charge in [0, 0.05) is 44.4 Å². The van der Waals surface area contributed by atoms with Crippen molar-refractivity contribution in [3.05, 3.63) is 12.4 Å². The van der Waals surface area contributed by atoms with Gasteiger partial charge in [0.25, 0.3) is 0 Å². The van der Waals surface area contributed by atoms with E-state index >= 15 is 0 Å². The zero-order valence-electron chi connectivity index (χ0n) is 12.6. The van der Waals surface area contributed by atoms with Gasteiger partial charge in [-0.3, -0.25) is 10.00 Å². The van der Waals surface area contributed by atoms with Gasteiger partial charge in [0.15, 0.2) is 0 Å². The van der Waals surface area contributed by atoms with Crippen LogP contribution in [-0.2, 0) is 9.47 Å². The molecule has 3 rings (SSSR count). The fourth-order valence-corrected chi connectivity index (χ4v) is 3.05. The minimum Gasteiger partial charge on any atom is -0.381 e. The lowest BCUT2D eigenvalue weighted by Crippen LogP contribution is -2.52. The standard InChI is InChI=1S/C14H23N5O3/c20-14(18-12-7-16-17-8-12)15-9-13(11-1-4-22-10-11)19-2-5-21-6-3-19/h7-8,11,13H,1-6,9-10H2,(H,16,17)(H2,15,18,20)/t11-,13+/m0/s1. The van der Waals surface area contributed by atoms with E-state index in [9.17, 15) is 4.79 Å². The van der Waals surface area contributed by atoms with E-state index in [1.54, 1.807) is 12.4 Å². The molecule has 8 nitrogen and oxygen atoms in total. The van der Waals surface area contributed by atoms with E-state index in [1.165, 1.54) is 0 Å². The van der Waals surface area contributed by atoms with Crippen molar-refractivity contribution < 1.29 is 14.3 Å². The number of carbonyl (C=O) groups excluding carboxylic acids is 1. The third-order valence-corrected chi connectivity index (χ3v) is 4.25. The van der Waals surface area contributed by atoms with Gasteiger partial charge in [-0.25, -0.2) is 4.79 Å². The smallest absolute Gasteiger partial charge is 0.319 e. The molecule has 0 spiro atoms. The molecule has 3 heterocycles. The third-order valence-electron chi connectivity index (χ3n) is 4.25. The van der Waals surface area contributed by atoms with Crippen molar-refractivity contribution in [1.82, 2.24) is 20.4 Å². The highest BCUT2D eigenvalue weighted by molar-refractivity contribution is 5.88. The molecule has 2 atom stereocenters. The van der Waals surface area contributed by atoms with Crippen molar-refractivity contribution in [3.63, 3.8) is 0 Å². The van der Waals surface area contributed by atoms with Gasteiger partial charge in [-0.05, 0) is 6.42 Å². The number of nitrogens with one attached hydrogen (secondary N) is 3. The van der Waals surface area contributed by atoms with Crippen LogP contribution >= 0.6 is 0 Å². The Kier molecular flexibility index (Phi) is 5.25. The Labute approximate surface area is 129 Å². The number of H-pyrrole nitrogens is 1. The molecular weight excluding hydrogens is 286 g/mol. The molecule has 0 aromatic carbocycles. The van der Waals surface area contributed by atoms with E-state index in [2.05, 4.69) is 25.7 Å². The van der Waals surface area contributed by atoms with E-state index < -0.39 is 0 Å². The number of hydrogen-bond donors (Lipinski definition) is 3. The van der Waals surface area contributed by atoms with Crippen molar-refractivity contribution in [2.45, 2.75) is 12.5 Å². The Balaban J connectivity index is 1.53. The molecule has 0 radical (unpaired) electrons. The monoisotopic (exact) mass is 309 g/mol. The summed E-state index contributed by atoms with van der Waals surface area (Å²) in [6.07, 6.45) is 4.26. The number of aromatic nitrogens is 2. The minimum atomic E-state index is -0.210. The zero-order valence-corrected chi connectivity index (χ0v) is 12.6. The van der Waals surface area contributed by atoms with Gasteiger partial charge in [0.2, 0.25) is 0 Å². The number of carbonyl (C=O) groups is 1. The lowest BCUT2D eigenvalue weighted by Gasteiger charge is -2.37. The normalized spacial score (nSPS) is 24.1. The van der Waals surface area contributed by atoms with Gasteiger partial charge in [-0.15, -0.1) is 0 Å². The fourth-order valence-electron chi connectivity index (χ4n) is 3.05. The summed E-state index contributed by atoms with van der Waals surface area (Å²) in [6, 6.07) is 0.0834. The van der Waals surface area contributed by atoms with E-state index in [-0.39, 0.29) is 6.03 Å². The molecule has 1 aromatic rings. The summed E-state index contributed by atoms with van der Waals surface area (Å²) in [5, 5.41) is 12.2. The molecule has 3 N–H and O–H groups in total. The number of ether oxygens (including phenoxy) is 2. The summed E-state index contributed by atoms with van der Waals surface area (Å²) in [5.74, 6) is 0.465. The summed E-state index contributed by atoms with van der Waals surface area (Å²) < 4.78 is 10.9. The predicted octanol–water partition coefficient (Wildman–Crippen LogP) is 0.269. The first-order valence-corrected chi connectivity index (χ1v) is 7.76. The predicted molar refractivity (Wildman–Crippen MR) is 80.7 cm³/mol. The van der Waals surface area contributed by atoms with Crippen LogP contribution in [0.15, 0.2) is 12.4 Å². The van der Waals surface area contributed by atoms with Crippen LogP contribution in [0, 0.1) is 5.92 Å². The van der Waals surface area contributed by atoms with Crippen LogP contribution in [0.1, 0.15) is 6.42 Å². The van der Waals surface area contributed by atoms with E-state index in [4.69, 9.17) is 9.47 Å². The van der Waals surface area contributed by atoms with Gasteiger partial charge < -0.3 is 20.1 Å². The fraction of sp³-hybridized carbons (Fsp3) is 0.714. The molecule has 2 saturated heterocycles. The first kappa shape index (κ1) is 15.3. The molecule has 2 fully saturated rings. The number of nitrogens with zero attached hydrogens (tertiary/aromatic N) is 2. The minimum absolute atomic E-state index is 0.210. The highest BCUT2D eigenvalue weighted by atomic mass is 16.5. The van der Waals surface area contributed by atoms with Crippen molar-refractivity contribution in [1.29, 1.82) is 0 Å². The average Bonchev–Trinajstić information content (AvgIpc) is 3.22. The largest absolute Gasteiger partial charge is 0.381 e. The topological polar surface area (TPSA) is 91.5 Å². The van der Waals surface area contributed by atoms with Crippen molar-refractivity contribution in [2.75, 3.05) is 51.4 Å². The number of hydrogen-bond acceptors (Lipinski definition) is 5. The molecule has 0 saturated carbocycles. The van der Waals surface area contributed by atoms with E-state index in [1.807, 2.05) is 0 Å². The van der Waals surface area contributed by atoms with Gasteiger partial charge in [0.05, 0.1) is 31.7 Å². The Morgan fingerprint density at radius 2 is 2.27 bits per heavy atom. The molecule has 22 heavy (non-hydrogen) atoms. The van der Waals surface area contributed by atoms with Crippen molar-refractivity contribution in [3.8, 4) is 0 Å². The maximum atomic E-state index is 12.0. The highest BCUT2D eigenvalue weighted by Gasteiger charge is 2.31. The molecule has 1 aromatic heterocycles. The summed E-state index contributed by atoms with van der Waals surface area (Å²) >= 11 is 0. The molecule has 122 valence electrons. The number of anilines is 1. The van der Waals surface area contributed by atoms with Gasteiger partial charge in [-0.2, -0.15) is 5.10 Å². The van der Waals surface area contributed by atoms with Crippen LogP contribution in [0.3, 0.4) is 0 Å². The number of rotatable bonds is 5. The third kappa shape index (κ3) is 3.96. The molecule has 8 heteroatoms. The molecule has 2 amide bonds. The molecule has 0 unspecified atom stereocenters. The maximum Gasteiger partial charge on any atom is 0.319 e. The summed E-state index contributed by atoms with van der Waals surface area (Å²) in [6.45, 7) is 5.52. The number of urea groups is 1. The van der Waals surface area contributed by atoms with Crippen LogP contribution in [0.4, 0.5) is 10.5 Å². The number of morpholine rings is 1. The number of aromatic amines is 1. The molecule has 2 aliphatic rings. The van der Waals surface area contributed by atoms with Crippen LogP contribution in [0.5, 0.6) is 0 Å². The summed E-state index contributed by atoms with van der Waals surface area (Å²) in [4.78, 5) is 14.4. The average molecular weight is 309 g/mol. The van der Waals surface area contributed by atoms with Gasteiger partial charge in [-0.1, -0.05) is 0 Å². The van der Waals surface area contributed by atoms with Crippen LogP contribution in [-0.4, -0.2) is 73.2 Å². The Bertz CT molecular complexity index is 455. The second-order valence-corrected chi connectivity index (χ2v) is 5.66. The lowest BCUT2D eigenvalue weighted by atomic mass is 9.97. The first-order chi connectivity index (χ1) is 10.8. The molecule has 0 aliphatic carbocycles. The molecular formula is C14H23N5O3. The van der Waals surface area contributed by atoms with Crippen LogP contribution in [0.2, 0.25) is 0 Å². The second kappa shape index (κ2) is 7.57. The number of amides is 2. The second-order valence-electron chi connectivity index (χ2n) is 5.66. The SMILES string of the molecule is O=C(NC[C@H]([C@H]1CCOC1)N1CCOCC1)Nc1cn[nH]c1. The zero-order chi connectivity index (χ0) is 15.2. The lowest BCUT2D eigenvalue weighted by molar-refractivity contribution is 0.00222. The summed E-state index contributed by atoms with van der Waals surface area (Å²) in [5.41, 5.74) is 0.657. The van der Waals surface area contributed by atoms with Crippen molar-refractivity contribution >= 4 is 11.7 Å². The molecule has 2 aliphatic heterocycles. The van der Waals surface area contributed by atoms with Gasteiger partial charge in [0.1, 0.15) is 0 Å². The van der Waals surface area contributed by atoms with Crippen LogP contribution in [0.25, 0.3) is 0 Å². The van der Waals surface area contributed by atoms with Gasteiger partial charge >= 0.3 is 6.03 Å². The Hall–Kier alpha value is -1.64. The first-order valence-electron chi connectivity index (χ1n) is 7.76. The van der Waals surface area contributed by atoms with E-state index in [0.717, 1.165) is 45.9 Å². The Morgan fingerprint density at radius 1 is 1.41 bits per heavy atom. The molecule has 0 bridgehead atoms.